The molecule has 0 N–H and O–H groups in total. The normalized spacial score (nSPS) is 13.0. The molecule has 0 bridgehead atoms. The molecule has 106 valence electrons. The minimum absolute atomic E-state index is 0.713. The fourth-order valence-electron chi connectivity index (χ4n) is 2.22. The molecule has 3 nitrogen and oxygen atoms in total. The molecule has 3 heteroatoms. The zero-order valence-electron chi connectivity index (χ0n) is 11.7. The van der Waals surface area contributed by atoms with Crippen LogP contribution >= 0.6 is 0 Å². The average molecular weight is 279 g/mol. The van der Waals surface area contributed by atoms with Gasteiger partial charge in [-0.3, -0.25) is 0 Å². The lowest BCUT2D eigenvalue weighted by atomic mass is 10.2. The van der Waals surface area contributed by atoms with Crippen LogP contribution in [0.3, 0.4) is 0 Å². The second-order valence-corrected chi connectivity index (χ2v) is 4.81. The van der Waals surface area contributed by atoms with Crippen LogP contribution in [0.25, 0.3) is 0 Å². The molecule has 0 atom stereocenters. The van der Waals surface area contributed by atoms with Gasteiger partial charge in [0.15, 0.2) is 6.26 Å². The molecule has 0 aliphatic carbocycles. The summed E-state index contributed by atoms with van der Waals surface area (Å²) in [5, 5.41) is 0. The summed E-state index contributed by atoms with van der Waals surface area (Å²) in [5.74, 6) is 0.713. The van der Waals surface area contributed by atoms with Gasteiger partial charge in [-0.2, -0.15) is 0 Å². The quantitative estimate of drug-likeness (QED) is 0.825. The average Bonchev–Trinajstić information content (AvgIpc) is 2.57. The summed E-state index contributed by atoms with van der Waals surface area (Å²) >= 11 is 0. The summed E-state index contributed by atoms with van der Waals surface area (Å²) in [4.78, 5) is 2.15. The third-order valence-electron chi connectivity index (χ3n) is 3.24. The van der Waals surface area contributed by atoms with Gasteiger partial charge < -0.3 is 14.4 Å². The summed E-state index contributed by atoms with van der Waals surface area (Å²) in [5.41, 5.74) is 2.46. The number of rotatable bonds is 5. The van der Waals surface area contributed by atoms with Crippen LogP contribution in [0.4, 0.5) is 0 Å². The van der Waals surface area contributed by atoms with Crippen LogP contribution in [-0.4, -0.2) is 4.90 Å². The molecule has 0 spiro atoms. The lowest BCUT2D eigenvalue weighted by molar-refractivity contribution is 0.133. The van der Waals surface area contributed by atoms with E-state index in [9.17, 15) is 0 Å². The Morgan fingerprint density at radius 3 is 1.76 bits per heavy atom. The highest BCUT2D eigenvalue weighted by atomic mass is 16.5. The van der Waals surface area contributed by atoms with Gasteiger partial charge in [0.2, 0.25) is 5.88 Å². The molecule has 0 fully saturated rings. The predicted octanol–water partition coefficient (Wildman–Crippen LogP) is 4.01. The van der Waals surface area contributed by atoms with Crippen LogP contribution in [-0.2, 0) is 22.6 Å². The maximum absolute atomic E-state index is 5.57. The molecule has 0 aromatic heterocycles. The third-order valence-corrected chi connectivity index (χ3v) is 3.24. The molecule has 1 aliphatic heterocycles. The van der Waals surface area contributed by atoms with Gasteiger partial charge in [-0.25, -0.2) is 0 Å². The molecule has 21 heavy (non-hydrogen) atoms. The van der Waals surface area contributed by atoms with Gasteiger partial charge in [0.05, 0.1) is 0 Å². The molecule has 0 saturated heterocycles. The van der Waals surface area contributed by atoms with E-state index in [0.717, 1.165) is 13.1 Å². The highest BCUT2D eigenvalue weighted by Crippen LogP contribution is 2.18. The van der Waals surface area contributed by atoms with E-state index in [1.165, 1.54) is 17.4 Å². The van der Waals surface area contributed by atoms with Gasteiger partial charge in [-0.05, 0) is 11.1 Å². The molecule has 0 unspecified atom stereocenters. The molecule has 1 heterocycles. The van der Waals surface area contributed by atoms with E-state index in [1.807, 2.05) is 36.4 Å². The SMILES string of the molecule is C1=COC(N(Cc2ccccc2)Cc2ccccc2)=CO1. The lowest BCUT2D eigenvalue weighted by Crippen LogP contribution is -2.24. The van der Waals surface area contributed by atoms with Crippen LogP contribution in [0, 0.1) is 0 Å². The zero-order valence-corrected chi connectivity index (χ0v) is 11.7. The van der Waals surface area contributed by atoms with Crippen molar-refractivity contribution in [3.8, 4) is 0 Å². The van der Waals surface area contributed by atoms with Crippen molar-refractivity contribution in [2.24, 2.45) is 0 Å². The van der Waals surface area contributed by atoms with E-state index in [2.05, 4.69) is 29.2 Å². The summed E-state index contributed by atoms with van der Waals surface area (Å²) in [7, 11) is 0. The molecule has 3 rings (SSSR count). The van der Waals surface area contributed by atoms with Crippen molar-refractivity contribution in [2.75, 3.05) is 0 Å². The van der Waals surface area contributed by atoms with Crippen LogP contribution in [0.5, 0.6) is 0 Å². The Morgan fingerprint density at radius 2 is 1.29 bits per heavy atom. The Balaban J connectivity index is 1.79. The molecule has 0 saturated carbocycles. The minimum atomic E-state index is 0.713. The third kappa shape index (κ3) is 3.66. The highest BCUT2D eigenvalue weighted by Gasteiger charge is 2.14. The van der Waals surface area contributed by atoms with Crippen molar-refractivity contribution in [3.05, 3.63) is 96.5 Å². The molecular formula is C18H17NO2. The molecule has 0 amide bonds. The van der Waals surface area contributed by atoms with E-state index < -0.39 is 0 Å². The molecule has 2 aromatic rings. The van der Waals surface area contributed by atoms with Gasteiger partial charge in [0.1, 0.15) is 12.5 Å². The summed E-state index contributed by atoms with van der Waals surface area (Å²) in [6, 6.07) is 20.7. The van der Waals surface area contributed by atoms with Crippen LogP contribution < -0.4 is 0 Å². The van der Waals surface area contributed by atoms with E-state index in [1.54, 1.807) is 12.5 Å². The van der Waals surface area contributed by atoms with E-state index in [0.29, 0.717) is 5.88 Å². The van der Waals surface area contributed by atoms with E-state index in [4.69, 9.17) is 9.47 Å². The van der Waals surface area contributed by atoms with E-state index >= 15 is 0 Å². The largest absolute Gasteiger partial charge is 0.464 e. The maximum Gasteiger partial charge on any atom is 0.231 e. The first-order valence-corrected chi connectivity index (χ1v) is 6.92. The van der Waals surface area contributed by atoms with Gasteiger partial charge in [-0.1, -0.05) is 60.7 Å². The van der Waals surface area contributed by atoms with Crippen molar-refractivity contribution < 1.29 is 9.47 Å². The Morgan fingerprint density at radius 1 is 0.714 bits per heavy atom. The van der Waals surface area contributed by atoms with Crippen molar-refractivity contribution in [3.63, 3.8) is 0 Å². The van der Waals surface area contributed by atoms with Crippen molar-refractivity contribution >= 4 is 0 Å². The number of hydrogen-bond donors (Lipinski definition) is 0. The van der Waals surface area contributed by atoms with Crippen molar-refractivity contribution in [1.29, 1.82) is 0 Å². The maximum atomic E-state index is 5.57. The number of hydrogen-bond acceptors (Lipinski definition) is 3. The second-order valence-electron chi connectivity index (χ2n) is 4.81. The first kappa shape index (κ1) is 13.3. The fraction of sp³-hybridized carbons (Fsp3) is 0.111. The molecule has 2 aromatic carbocycles. The number of benzene rings is 2. The summed E-state index contributed by atoms with van der Waals surface area (Å²) in [6.07, 6.45) is 4.71. The molecular weight excluding hydrogens is 262 g/mol. The fourth-order valence-corrected chi connectivity index (χ4v) is 2.22. The molecule has 0 radical (unpaired) electrons. The van der Waals surface area contributed by atoms with Gasteiger partial charge in [0, 0.05) is 13.1 Å². The van der Waals surface area contributed by atoms with Crippen molar-refractivity contribution in [2.45, 2.75) is 13.1 Å². The number of nitrogens with zero attached hydrogens (tertiary/aromatic N) is 1. The number of ether oxygens (including phenoxy) is 2. The van der Waals surface area contributed by atoms with Gasteiger partial charge in [-0.15, -0.1) is 0 Å². The monoisotopic (exact) mass is 279 g/mol. The Labute approximate surface area is 124 Å². The Kier molecular flexibility index (Phi) is 4.22. The topological polar surface area (TPSA) is 21.7 Å². The van der Waals surface area contributed by atoms with Crippen LogP contribution in [0.15, 0.2) is 85.3 Å². The summed E-state index contributed by atoms with van der Waals surface area (Å²) in [6.45, 7) is 1.53. The van der Waals surface area contributed by atoms with Gasteiger partial charge in [0.25, 0.3) is 0 Å². The second kappa shape index (κ2) is 6.66. The smallest absolute Gasteiger partial charge is 0.231 e. The molecule has 1 aliphatic rings. The van der Waals surface area contributed by atoms with Crippen LogP contribution in [0.1, 0.15) is 11.1 Å². The lowest BCUT2D eigenvalue weighted by Gasteiger charge is -2.27. The Bertz CT molecular complexity index is 579. The van der Waals surface area contributed by atoms with Crippen molar-refractivity contribution in [1.82, 2.24) is 4.90 Å². The highest BCUT2D eigenvalue weighted by molar-refractivity contribution is 5.18. The summed E-state index contributed by atoms with van der Waals surface area (Å²) < 4.78 is 10.8. The van der Waals surface area contributed by atoms with E-state index in [-0.39, 0.29) is 0 Å². The zero-order chi connectivity index (χ0) is 14.3. The van der Waals surface area contributed by atoms with Gasteiger partial charge >= 0.3 is 0 Å². The van der Waals surface area contributed by atoms with Crippen LogP contribution in [0.2, 0.25) is 0 Å². The predicted molar refractivity (Wildman–Crippen MR) is 81.5 cm³/mol. The Hall–Kier alpha value is -2.68. The minimum Gasteiger partial charge on any atom is -0.464 e. The first-order chi connectivity index (χ1) is 10.4. The standard InChI is InChI=1S/C18H17NO2/c1-3-7-16(8-4-1)13-19(18-15-20-11-12-21-18)14-17-9-5-2-6-10-17/h1-12,15H,13-14H2. The first-order valence-electron chi connectivity index (χ1n) is 6.92.